The molecular formula is C30H43N5O4. The van der Waals surface area contributed by atoms with E-state index in [1.54, 1.807) is 28.0 Å². The van der Waals surface area contributed by atoms with Crippen LogP contribution < -0.4 is 26.6 Å². The van der Waals surface area contributed by atoms with Crippen LogP contribution in [0.2, 0.25) is 0 Å². The lowest BCUT2D eigenvalue weighted by atomic mass is 10.1. The van der Waals surface area contributed by atoms with Gasteiger partial charge in [0.05, 0.1) is 25.4 Å². The Balaban J connectivity index is 1.48. The molecule has 0 bridgehead atoms. The zero-order valence-corrected chi connectivity index (χ0v) is 23.7. The van der Waals surface area contributed by atoms with Crippen LogP contribution in [0, 0.1) is 0 Å². The van der Waals surface area contributed by atoms with E-state index in [0.29, 0.717) is 31.4 Å². The van der Waals surface area contributed by atoms with E-state index in [-0.39, 0.29) is 24.0 Å². The third-order valence-corrected chi connectivity index (χ3v) is 6.72. The Hall–Kier alpha value is -3.40. The molecule has 0 spiro atoms. The number of anilines is 2. The summed E-state index contributed by atoms with van der Waals surface area (Å²) in [4.78, 5) is 24.8. The highest BCUT2D eigenvalue weighted by atomic mass is 16.5. The van der Waals surface area contributed by atoms with Crippen molar-refractivity contribution in [1.82, 2.24) is 16.0 Å². The van der Waals surface area contributed by atoms with E-state index in [4.69, 9.17) is 9.47 Å². The number of ether oxygens (including phenoxy) is 2. The molecule has 0 saturated heterocycles. The predicted molar refractivity (Wildman–Crippen MR) is 155 cm³/mol. The lowest BCUT2D eigenvalue weighted by Crippen LogP contribution is -2.48. The van der Waals surface area contributed by atoms with E-state index in [1.807, 2.05) is 31.2 Å². The van der Waals surface area contributed by atoms with E-state index in [1.165, 1.54) is 11.3 Å². The number of carbonyl (C=O) groups excluding carboxylic acids is 2. The lowest BCUT2D eigenvalue weighted by molar-refractivity contribution is -0.127. The summed E-state index contributed by atoms with van der Waals surface area (Å²) in [5, 5.41) is 15.5. The summed E-state index contributed by atoms with van der Waals surface area (Å²) >= 11 is 0. The number of benzene rings is 2. The second-order valence-corrected chi connectivity index (χ2v) is 10.2. The minimum atomic E-state index is -0.689. The third-order valence-electron chi connectivity index (χ3n) is 6.72. The second kappa shape index (κ2) is 14.7. The van der Waals surface area contributed by atoms with Crippen molar-refractivity contribution in [1.29, 1.82) is 0 Å². The van der Waals surface area contributed by atoms with Gasteiger partial charge in [0.2, 0.25) is 11.8 Å². The lowest BCUT2D eigenvalue weighted by Gasteiger charge is -2.19. The van der Waals surface area contributed by atoms with Crippen molar-refractivity contribution in [2.24, 2.45) is 0 Å². The first-order valence-electron chi connectivity index (χ1n) is 13.5. The minimum absolute atomic E-state index is 0.0488. The number of hydrogen-bond donors (Lipinski definition) is 5. The fraction of sp³-hybridized carbons (Fsp3) is 0.467. The Morgan fingerprint density at radius 2 is 1.77 bits per heavy atom. The van der Waals surface area contributed by atoms with Crippen molar-refractivity contribution in [2.75, 3.05) is 31.3 Å². The quantitative estimate of drug-likeness (QED) is 0.237. The van der Waals surface area contributed by atoms with Crippen LogP contribution in [0.25, 0.3) is 0 Å². The Morgan fingerprint density at radius 3 is 2.46 bits per heavy atom. The van der Waals surface area contributed by atoms with Gasteiger partial charge in [0.25, 0.3) is 0 Å². The maximum atomic E-state index is 12.7. The molecule has 1 aliphatic rings. The molecule has 1 unspecified atom stereocenters. The number of para-hydroxylation sites is 1. The first-order chi connectivity index (χ1) is 18.7. The maximum absolute atomic E-state index is 12.7. The van der Waals surface area contributed by atoms with Crippen molar-refractivity contribution < 1.29 is 19.1 Å². The molecule has 39 heavy (non-hydrogen) atoms. The highest BCUT2D eigenvalue weighted by Crippen LogP contribution is 2.25. The predicted octanol–water partition coefficient (Wildman–Crippen LogP) is 3.32. The van der Waals surface area contributed by atoms with Crippen molar-refractivity contribution in [3.63, 3.8) is 0 Å². The maximum Gasteiger partial charge on any atom is 0.246 e. The van der Waals surface area contributed by atoms with Gasteiger partial charge in [0, 0.05) is 43.2 Å². The monoisotopic (exact) mass is 537 g/mol. The summed E-state index contributed by atoms with van der Waals surface area (Å²) in [6.07, 6.45) is 1.63. The standard InChI is InChI=1S/C30H43N5O4/c1-19(32-16-27-15-25-9-7-8-10-28(25)34-27)11-20(2)39-18-24-12-23(17-38-6)13-26(14-24)35-30(37)22(4)33-29(36)21(3)31-5/h7-10,12-14,20-22,27,31-32,34H,1,11,15-18H2,2-6H3,(H,33,36)(H,35,37)/t20?,21-,22-,27-/m0/s1. The smallest absolute Gasteiger partial charge is 0.246 e. The van der Waals surface area contributed by atoms with Crippen molar-refractivity contribution in [2.45, 2.75) is 71.1 Å². The molecule has 4 atom stereocenters. The van der Waals surface area contributed by atoms with Crippen molar-refractivity contribution in [3.8, 4) is 0 Å². The van der Waals surface area contributed by atoms with Gasteiger partial charge < -0.3 is 36.1 Å². The highest BCUT2D eigenvalue weighted by molar-refractivity contribution is 5.97. The van der Waals surface area contributed by atoms with Crippen LogP contribution in [0.5, 0.6) is 0 Å². The highest BCUT2D eigenvalue weighted by Gasteiger charge is 2.21. The molecular weight excluding hydrogens is 494 g/mol. The number of carbonyl (C=O) groups is 2. The van der Waals surface area contributed by atoms with E-state index in [0.717, 1.165) is 29.8 Å². The zero-order chi connectivity index (χ0) is 28.4. The minimum Gasteiger partial charge on any atom is -0.387 e. The van der Waals surface area contributed by atoms with Crippen molar-refractivity contribution >= 4 is 23.2 Å². The third kappa shape index (κ3) is 9.38. The molecule has 0 fully saturated rings. The van der Waals surface area contributed by atoms with Crippen LogP contribution >= 0.6 is 0 Å². The van der Waals surface area contributed by atoms with Gasteiger partial charge in [-0.05, 0) is 69.1 Å². The molecule has 1 heterocycles. The molecule has 2 aromatic carbocycles. The van der Waals surface area contributed by atoms with Gasteiger partial charge in [-0.3, -0.25) is 9.59 Å². The molecule has 0 radical (unpaired) electrons. The van der Waals surface area contributed by atoms with Crippen LogP contribution in [-0.4, -0.2) is 56.7 Å². The molecule has 0 aliphatic carbocycles. The molecule has 5 N–H and O–H groups in total. The Morgan fingerprint density at radius 1 is 1.05 bits per heavy atom. The number of rotatable bonds is 15. The van der Waals surface area contributed by atoms with Gasteiger partial charge in [0.15, 0.2) is 0 Å². The molecule has 9 heteroatoms. The largest absolute Gasteiger partial charge is 0.387 e. The van der Waals surface area contributed by atoms with Gasteiger partial charge in [-0.2, -0.15) is 0 Å². The Bertz CT molecular complexity index is 1110. The molecule has 1 aliphatic heterocycles. The van der Waals surface area contributed by atoms with Gasteiger partial charge in [-0.1, -0.05) is 30.8 Å². The SMILES string of the molecule is C=C(CC(C)OCc1cc(COC)cc(NC(=O)[C@H](C)NC(=O)[C@H](C)NC)c1)NC[C@@H]1Cc2ccccc2N1. The molecule has 3 rings (SSSR count). The summed E-state index contributed by atoms with van der Waals surface area (Å²) in [6, 6.07) is 13.4. The zero-order valence-electron chi connectivity index (χ0n) is 23.7. The average molecular weight is 538 g/mol. The summed E-state index contributed by atoms with van der Waals surface area (Å²) < 4.78 is 11.4. The van der Waals surface area contributed by atoms with Gasteiger partial charge in [-0.25, -0.2) is 0 Å². The van der Waals surface area contributed by atoms with Crippen LogP contribution in [0.3, 0.4) is 0 Å². The number of methoxy groups -OCH3 is 1. The number of likely N-dealkylation sites (N-methyl/N-ethyl adjacent to an activating group) is 1. The molecule has 2 aromatic rings. The molecule has 0 aromatic heterocycles. The Labute approximate surface area is 232 Å². The summed E-state index contributed by atoms with van der Waals surface area (Å²) in [5.74, 6) is -0.541. The fourth-order valence-electron chi connectivity index (χ4n) is 4.44. The van der Waals surface area contributed by atoms with Gasteiger partial charge >= 0.3 is 0 Å². The summed E-state index contributed by atoms with van der Waals surface area (Å²) in [5.41, 5.74) is 5.95. The first-order valence-corrected chi connectivity index (χ1v) is 13.5. The number of nitrogens with one attached hydrogen (secondary N) is 5. The van der Waals surface area contributed by atoms with E-state index >= 15 is 0 Å². The number of amides is 2. The molecule has 212 valence electrons. The van der Waals surface area contributed by atoms with Crippen LogP contribution in [0.15, 0.2) is 54.7 Å². The van der Waals surface area contributed by atoms with Gasteiger partial charge in [0.1, 0.15) is 6.04 Å². The van der Waals surface area contributed by atoms with E-state index in [9.17, 15) is 9.59 Å². The molecule has 0 saturated carbocycles. The number of fused-ring (bicyclic) bond motifs is 1. The summed E-state index contributed by atoms with van der Waals surface area (Å²) in [6.45, 7) is 11.2. The molecule has 2 amide bonds. The van der Waals surface area contributed by atoms with Crippen molar-refractivity contribution in [3.05, 3.63) is 71.4 Å². The Kier molecular flexibility index (Phi) is 11.3. The van der Waals surface area contributed by atoms with Gasteiger partial charge in [-0.15, -0.1) is 0 Å². The fourth-order valence-corrected chi connectivity index (χ4v) is 4.44. The van der Waals surface area contributed by atoms with Crippen LogP contribution in [0.1, 0.15) is 43.9 Å². The second-order valence-electron chi connectivity index (χ2n) is 10.2. The average Bonchev–Trinajstić information content (AvgIpc) is 3.33. The molecule has 9 nitrogen and oxygen atoms in total. The van der Waals surface area contributed by atoms with E-state index in [2.05, 4.69) is 51.4 Å². The summed E-state index contributed by atoms with van der Waals surface area (Å²) in [7, 11) is 3.32. The number of hydrogen-bond acceptors (Lipinski definition) is 7. The normalized spacial score (nSPS) is 16.4. The van der Waals surface area contributed by atoms with E-state index < -0.39 is 6.04 Å². The first kappa shape index (κ1) is 30.1. The van der Waals surface area contributed by atoms with Crippen LogP contribution in [0.4, 0.5) is 11.4 Å². The topological polar surface area (TPSA) is 113 Å². The van der Waals surface area contributed by atoms with Crippen LogP contribution in [-0.2, 0) is 38.7 Å².